The maximum absolute atomic E-state index is 13.4. The van der Waals surface area contributed by atoms with Crippen molar-refractivity contribution >= 4 is 0 Å². The van der Waals surface area contributed by atoms with E-state index in [0.29, 0.717) is 11.6 Å². The summed E-state index contributed by atoms with van der Waals surface area (Å²) in [5.41, 5.74) is 1.41. The van der Waals surface area contributed by atoms with Crippen LogP contribution in [0.2, 0.25) is 0 Å². The predicted molar refractivity (Wildman–Crippen MR) is 80.1 cm³/mol. The van der Waals surface area contributed by atoms with E-state index in [9.17, 15) is 4.39 Å². The first kappa shape index (κ1) is 14.0. The Bertz CT molecular complexity index is 454. The Morgan fingerprint density at radius 3 is 2.90 bits per heavy atom. The minimum atomic E-state index is -0.126. The summed E-state index contributed by atoms with van der Waals surface area (Å²) >= 11 is 0. The van der Waals surface area contributed by atoms with E-state index in [1.807, 2.05) is 12.1 Å². The van der Waals surface area contributed by atoms with Crippen molar-refractivity contribution in [3.05, 3.63) is 35.6 Å². The van der Waals surface area contributed by atoms with Crippen molar-refractivity contribution in [3.8, 4) is 0 Å². The molecular weight excluding hydrogens is 251 g/mol. The molecule has 0 bridgehead atoms. The molecule has 0 radical (unpaired) electrons. The van der Waals surface area contributed by atoms with E-state index in [2.05, 4.69) is 17.1 Å². The average molecular weight is 276 g/mol. The van der Waals surface area contributed by atoms with Crippen molar-refractivity contribution in [2.45, 2.75) is 57.2 Å². The molecule has 0 amide bonds. The molecule has 2 nitrogen and oxygen atoms in total. The third-order valence-corrected chi connectivity index (χ3v) is 5.03. The molecule has 110 valence electrons. The Balaban J connectivity index is 1.75. The van der Waals surface area contributed by atoms with E-state index in [1.165, 1.54) is 38.2 Å². The molecule has 1 aromatic rings. The van der Waals surface area contributed by atoms with Gasteiger partial charge in [-0.3, -0.25) is 4.90 Å². The summed E-state index contributed by atoms with van der Waals surface area (Å²) in [6.07, 6.45) is 6.44. The molecule has 1 spiro atoms. The summed E-state index contributed by atoms with van der Waals surface area (Å²) in [7, 11) is 0. The lowest BCUT2D eigenvalue weighted by Crippen LogP contribution is -2.49. The predicted octanol–water partition coefficient (Wildman–Crippen LogP) is 3.32. The van der Waals surface area contributed by atoms with Crippen molar-refractivity contribution in [2.24, 2.45) is 0 Å². The van der Waals surface area contributed by atoms with Crippen LogP contribution < -0.4 is 5.32 Å². The smallest absolute Gasteiger partial charge is 0.123 e. The first-order chi connectivity index (χ1) is 9.67. The van der Waals surface area contributed by atoms with Gasteiger partial charge >= 0.3 is 0 Å². The molecule has 1 saturated carbocycles. The summed E-state index contributed by atoms with van der Waals surface area (Å²) in [4.78, 5) is 2.54. The highest BCUT2D eigenvalue weighted by atomic mass is 19.1. The van der Waals surface area contributed by atoms with E-state index >= 15 is 0 Å². The molecule has 1 atom stereocenters. The van der Waals surface area contributed by atoms with Crippen molar-refractivity contribution in [2.75, 3.05) is 13.1 Å². The Morgan fingerprint density at radius 1 is 1.35 bits per heavy atom. The van der Waals surface area contributed by atoms with Crippen LogP contribution in [0.25, 0.3) is 0 Å². The monoisotopic (exact) mass is 276 g/mol. The average Bonchev–Trinajstić information content (AvgIpc) is 2.80. The second-order valence-corrected chi connectivity index (χ2v) is 6.59. The highest BCUT2D eigenvalue weighted by Crippen LogP contribution is 2.33. The standard InChI is InChI=1S/C17H25FN2/c1-14-7-10-19-17(8-2-3-9-17)13-20(14)12-15-5-4-6-16(18)11-15/h4-6,11,14,19H,2-3,7-10,12-13H2,1H3. The molecular formula is C17H25FN2. The molecule has 1 heterocycles. The van der Waals surface area contributed by atoms with Crippen LogP contribution in [0.3, 0.4) is 0 Å². The zero-order chi connectivity index (χ0) is 14.0. The van der Waals surface area contributed by atoms with Crippen LogP contribution in [0.4, 0.5) is 4.39 Å². The minimum Gasteiger partial charge on any atom is -0.310 e. The summed E-state index contributed by atoms with van der Waals surface area (Å²) in [6.45, 7) is 5.38. The van der Waals surface area contributed by atoms with Crippen LogP contribution in [0.5, 0.6) is 0 Å². The van der Waals surface area contributed by atoms with Gasteiger partial charge in [0, 0.05) is 24.7 Å². The Kier molecular flexibility index (Phi) is 4.08. The molecule has 1 aliphatic carbocycles. The maximum Gasteiger partial charge on any atom is 0.123 e. The second kappa shape index (κ2) is 5.82. The number of benzene rings is 1. The molecule has 3 heteroatoms. The lowest BCUT2D eigenvalue weighted by molar-refractivity contribution is 0.160. The molecule has 2 aliphatic rings. The van der Waals surface area contributed by atoms with E-state index in [0.717, 1.165) is 25.2 Å². The van der Waals surface area contributed by atoms with E-state index < -0.39 is 0 Å². The number of rotatable bonds is 2. The largest absolute Gasteiger partial charge is 0.310 e. The SMILES string of the molecule is CC1CCNC2(CCCC2)CN1Cc1cccc(F)c1. The van der Waals surface area contributed by atoms with Gasteiger partial charge in [0.25, 0.3) is 0 Å². The summed E-state index contributed by atoms with van der Waals surface area (Å²) < 4.78 is 13.4. The highest BCUT2D eigenvalue weighted by Gasteiger charge is 2.37. The number of nitrogens with one attached hydrogen (secondary N) is 1. The molecule has 1 unspecified atom stereocenters. The van der Waals surface area contributed by atoms with Gasteiger partial charge in [-0.15, -0.1) is 0 Å². The van der Waals surface area contributed by atoms with E-state index in [1.54, 1.807) is 6.07 Å². The number of nitrogens with zero attached hydrogens (tertiary/aromatic N) is 1. The van der Waals surface area contributed by atoms with Gasteiger partial charge < -0.3 is 5.32 Å². The first-order valence-corrected chi connectivity index (χ1v) is 7.90. The van der Waals surface area contributed by atoms with Gasteiger partial charge in [-0.2, -0.15) is 0 Å². The van der Waals surface area contributed by atoms with Crippen LogP contribution >= 0.6 is 0 Å². The maximum atomic E-state index is 13.4. The number of hydrogen-bond donors (Lipinski definition) is 1. The molecule has 20 heavy (non-hydrogen) atoms. The Labute approximate surface area is 121 Å². The first-order valence-electron chi connectivity index (χ1n) is 7.90. The lowest BCUT2D eigenvalue weighted by Gasteiger charge is -2.35. The van der Waals surface area contributed by atoms with Gasteiger partial charge in [-0.25, -0.2) is 4.39 Å². The second-order valence-electron chi connectivity index (χ2n) is 6.59. The fourth-order valence-electron chi connectivity index (χ4n) is 3.80. The van der Waals surface area contributed by atoms with Crippen molar-refractivity contribution in [1.29, 1.82) is 0 Å². The zero-order valence-electron chi connectivity index (χ0n) is 12.4. The van der Waals surface area contributed by atoms with Crippen molar-refractivity contribution in [1.82, 2.24) is 10.2 Å². The van der Waals surface area contributed by atoms with Crippen LogP contribution in [0.1, 0.15) is 44.6 Å². The molecule has 1 aromatic carbocycles. The van der Waals surface area contributed by atoms with Gasteiger partial charge in [-0.05, 0) is 50.4 Å². The molecule has 2 fully saturated rings. The fourth-order valence-corrected chi connectivity index (χ4v) is 3.80. The normalized spacial score (nSPS) is 26.8. The third-order valence-electron chi connectivity index (χ3n) is 5.03. The zero-order valence-corrected chi connectivity index (χ0v) is 12.4. The van der Waals surface area contributed by atoms with Gasteiger partial charge in [0.05, 0.1) is 0 Å². The van der Waals surface area contributed by atoms with Crippen LogP contribution in [-0.2, 0) is 6.54 Å². The third kappa shape index (κ3) is 3.04. The molecule has 1 N–H and O–H groups in total. The summed E-state index contributed by atoms with van der Waals surface area (Å²) in [5.74, 6) is -0.126. The molecule has 3 rings (SSSR count). The van der Waals surface area contributed by atoms with Gasteiger partial charge in [0.15, 0.2) is 0 Å². The molecule has 1 aliphatic heterocycles. The minimum absolute atomic E-state index is 0.126. The van der Waals surface area contributed by atoms with Crippen LogP contribution in [0.15, 0.2) is 24.3 Å². The molecule has 0 aromatic heterocycles. The summed E-state index contributed by atoms with van der Waals surface area (Å²) in [6, 6.07) is 7.61. The van der Waals surface area contributed by atoms with Gasteiger partial charge in [-0.1, -0.05) is 25.0 Å². The van der Waals surface area contributed by atoms with Crippen LogP contribution in [0, 0.1) is 5.82 Å². The Hall–Kier alpha value is -0.930. The number of halogens is 1. The van der Waals surface area contributed by atoms with Gasteiger partial charge in [0.2, 0.25) is 0 Å². The molecule has 1 saturated heterocycles. The summed E-state index contributed by atoms with van der Waals surface area (Å²) in [5, 5.41) is 3.80. The highest BCUT2D eigenvalue weighted by molar-refractivity contribution is 5.16. The fraction of sp³-hybridized carbons (Fsp3) is 0.647. The van der Waals surface area contributed by atoms with Crippen molar-refractivity contribution in [3.63, 3.8) is 0 Å². The number of hydrogen-bond acceptors (Lipinski definition) is 2. The topological polar surface area (TPSA) is 15.3 Å². The van der Waals surface area contributed by atoms with E-state index in [-0.39, 0.29) is 5.82 Å². The van der Waals surface area contributed by atoms with E-state index in [4.69, 9.17) is 0 Å². The van der Waals surface area contributed by atoms with Gasteiger partial charge in [0.1, 0.15) is 5.82 Å². The van der Waals surface area contributed by atoms with Crippen molar-refractivity contribution < 1.29 is 4.39 Å². The quantitative estimate of drug-likeness (QED) is 0.891. The lowest BCUT2D eigenvalue weighted by atomic mass is 9.96. The Morgan fingerprint density at radius 2 is 2.15 bits per heavy atom. The van der Waals surface area contributed by atoms with Crippen LogP contribution in [-0.4, -0.2) is 29.6 Å².